The van der Waals surface area contributed by atoms with Gasteiger partial charge in [-0.15, -0.1) is 11.3 Å². The number of nitrogen functional groups attached to an aromatic ring is 1. The van der Waals surface area contributed by atoms with Crippen LogP contribution in [0.4, 0.5) is 30.1 Å². The Balaban J connectivity index is 1.41. The number of rotatable bonds is 6. The van der Waals surface area contributed by atoms with Crippen LogP contribution in [0.15, 0.2) is 12.1 Å². The number of carbonyl (C=O) groups is 1. The number of nitrogens with two attached hydrogens (primary N) is 1. The second kappa shape index (κ2) is 12.7. The molecule has 0 saturated carbocycles. The monoisotopic (exact) mass is 697 g/mol. The molecule has 2 aromatic carbocycles. The zero-order valence-corrected chi connectivity index (χ0v) is 28.3. The van der Waals surface area contributed by atoms with Gasteiger partial charge >= 0.3 is 12.1 Å². The topological polar surface area (TPSA) is 111 Å². The molecule has 3 aliphatic rings. The highest BCUT2D eigenvalue weighted by Crippen LogP contribution is 2.52. The van der Waals surface area contributed by atoms with E-state index in [0.29, 0.717) is 32.0 Å². The number of fused-ring (bicyclic) bond motifs is 1. The molecule has 3 atom stereocenters. The van der Waals surface area contributed by atoms with Crippen LogP contribution in [-0.4, -0.2) is 91.5 Å². The van der Waals surface area contributed by atoms with E-state index in [2.05, 4.69) is 14.7 Å². The van der Waals surface area contributed by atoms with Gasteiger partial charge < -0.3 is 29.7 Å². The largest absolute Gasteiger partial charge is 0.489 e. The summed E-state index contributed by atoms with van der Waals surface area (Å²) < 4.78 is 49.8. The van der Waals surface area contributed by atoms with Gasteiger partial charge in [-0.05, 0) is 57.3 Å². The molecule has 2 saturated heterocycles. The number of anilines is 2. The maximum Gasteiger partial charge on any atom is 0.409 e. The van der Waals surface area contributed by atoms with Gasteiger partial charge in [-0.3, -0.25) is 4.90 Å². The van der Waals surface area contributed by atoms with Crippen molar-refractivity contribution in [3.05, 3.63) is 40.2 Å². The van der Waals surface area contributed by atoms with E-state index in [9.17, 15) is 9.18 Å². The van der Waals surface area contributed by atoms with Crippen LogP contribution >= 0.6 is 22.9 Å². The summed E-state index contributed by atoms with van der Waals surface area (Å²) in [5.74, 6) is -0.678. The molecule has 3 aliphatic heterocycles. The first kappa shape index (κ1) is 32.4. The van der Waals surface area contributed by atoms with Crippen molar-refractivity contribution in [1.29, 1.82) is 0 Å². The molecule has 0 spiro atoms. The number of thiophene rings is 1. The van der Waals surface area contributed by atoms with Gasteiger partial charge in [-0.1, -0.05) is 17.7 Å². The van der Waals surface area contributed by atoms with Crippen LogP contribution in [0.1, 0.15) is 26.2 Å². The Bertz CT molecular complexity index is 1990. The number of amides is 1. The number of likely N-dealkylation sites (N-methyl/N-ethyl adjacent to an activating group) is 1. The fourth-order valence-corrected chi connectivity index (χ4v) is 8.56. The first-order chi connectivity index (χ1) is 23.1. The molecule has 15 heteroatoms. The Morgan fingerprint density at radius 2 is 2.06 bits per heavy atom. The summed E-state index contributed by atoms with van der Waals surface area (Å²) in [6.07, 6.45) is 2.08. The zero-order chi connectivity index (χ0) is 33.9. The van der Waals surface area contributed by atoms with Crippen LogP contribution < -0.4 is 20.1 Å². The third kappa shape index (κ3) is 5.38. The average Bonchev–Trinajstić information content (AvgIpc) is 3.78. The predicted molar refractivity (Wildman–Crippen MR) is 181 cm³/mol. The lowest BCUT2D eigenvalue weighted by atomic mass is 9.97. The molecule has 48 heavy (non-hydrogen) atoms. The number of nitrogens with zero attached hydrogens (tertiary/aromatic N) is 6. The van der Waals surface area contributed by atoms with Crippen molar-refractivity contribution in [1.82, 2.24) is 19.8 Å². The first-order valence-electron chi connectivity index (χ1n) is 15.8. The molecule has 0 radical (unpaired) electrons. The van der Waals surface area contributed by atoms with Gasteiger partial charge in [0.1, 0.15) is 29.9 Å². The molecule has 7 rings (SSSR count). The van der Waals surface area contributed by atoms with Gasteiger partial charge in [0.05, 0.1) is 40.3 Å². The Labute approximate surface area is 284 Å². The van der Waals surface area contributed by atoms with E-state index in [4.69, 9.17) is 43.1 Å². The zero-order valence-electron chi connectivity index (χ0n) is 26.7. The van der Waals surface area contributed by atoms with Crippen molar-refractivity contribution in [2.24, 2.45) is 5.92 Å². The molecule has 252 valence electrons. The number of methoxy groups -OCH3 is 1. The molecule has 2 aromatic heterocycles. The van der Waals surface area contributed by atoms with Crippen LogP contribution in [-0.2, 0) is 4.74 Å². The highest BCUT2D eigenvalue weighted by molar-refractivity contribution is 7.23. The number of hydrogen-bond acceptors (Lipinski definition) is 10. The third-order valence-corrected chi connectivity index (χ3v) is 11.0. The lowest BCUT2D eigenvalue weighted by Gasteiger charge is -2.28. The molecule has 4 aromatic rings. The van der Waals surface area contributed by atoms with Crippen LogP contribution in [0, 0.1) is 24.1 Å². The van der Waals surface area contributed by atoms with Crippen molar-refractivity contribution in [3.63, 3.8) is 0 Å². The summed E-state index contributed by atoms with van der Waals surface area (Å²) >= 11 is 7.95. The van der Waals surface area contributed by atoms with E-state index in [1.165, 1.54) is 19.2 Å². The van der Waals surface area contributed by atoms with Gasteiger partial charge in [0.15, 0.2) is 11.6 Å². The highest BCUT2D eigenvalue weighted by Gasteiger charge is 2.35. The lowest BCUT2D eigenvalue weighted by Crippen LogP contribution is -2.38. The number of aromatic nitrogens is 2. The van der Waals surface area contributed by atoms with Crippen molar-refractivity contribution in [2.75, 3.05) is 64.1 Å². The maximum atomic E-state index is 17.2. The van der Waals surface area contributed by atoms with Gasteiger partial charge in [0, 0.05) is 36.6 Å². The number of ether oxygens (including phenoxy) is 3. The van der Waals surface area contributed by atoms with E-state index in [-0.39, 0.29) is 90.4 Å². The Morgan fingerprint density at radius 1 is 1.25 bits per heavy atom. The molecule has 0 aliphatic carbocycles. The van der Waals surface area contributed by atoms with Crippen molar-refractivity contribution >= 4 is 66.5 Å². The summed E-state index contributed by atoms with van der Waals surface area (Å²) in [6, 6.07) is 2.74. The molecule has 0 bridgehead atoms. The quantitative estimate of drug-likeness (QED) is 0.220. The van der Waals surface area contributed by atoms with Crippen molar-refractivity contribution in [3.8, 4) is 22.9 Å². The van der Waals surface area contributed by atoms with Crippen LogP contribution in [0.2, 0.25) is 5.02 Å². The summed E-state index contributed by atoms with van der Waals surface area (Å²) in [5.41, 5.74) is 6.18. The third-order valence-electron chi connectivity index (χ3n) is 9.63. The number of hydrogen-bond donors (Lipinski definition) is 1. The molecule has 11 nitrogen and oxygen atoms in total. The van der Waals surface area contributed by atoms with Crippen LogP contribution in [0.5, 0.6) is 11.8 Å². The standard InChI is InChI=1S/C33H34ClF2N7O4S/c1-16(20-6-5-10-41(20)3)47-32-39-26-23-28(46-13-12-42(31(23)40-32)14-17-9-11-43(15-17)33(44)45-4)24(34)21(25(26)36)18-7-8-19(35)29-22(18)27(38-2)30(37)48-29/h7-8,16-17,20H,5-6,9-15,37H2,1,3-4H3/t16-,17?,20?/m0/s1. The van der Waals surface area contributed by atoms with E-state index < -0.39 is 11.6 Å². The molecule has 1 amide bonds. The normalized spacial score (nSPS) is 20.2. The average molecular weight is 698 g/mol. The van der Waals surface area contributed by atoms with E-state index >= 15 is 4.39 Å². The van der Waals surface area contributed by atoms with E-state index in [0.717, 1.165) is 37.1 Å². The highest BCUT2D eigenvalue weighted by atomic mass is 35.5. The minimum atomic E-state index is -0.783. The summed E-state index contributed by atoms with van der Waals surface area (Å²) in [7, 11) is 3.41. The predicted octanol–water partition coefficient (Wildman–Crippen LogP) is 6.72. The maximum absolute atomic E-state index is 17.2. The fraction of sp³-hybridized carbons (Fsp3) is 0.455. The van der Waals surface area contributed by atoms with Gasteiger partial charge in [-0.25, -0.2) is 18.4 Å². The second-order valence-corrected chi connectivity index (χ2v) is 13.9. The van der Waals surface area contributed by atoms with E-state index in [1.807, 2.05) is 18.9 Å². The molecular weight excluding hydrogens is 664 g/mol. The van der Waals surface area contributed by atoms with Crippen LogP contribution in [0.25, 0.3) is 37.0 Å². The van der Waals surface area contributed by atoms with Gasteiger partial charge in [-0.2, -0.15) is 9.97 Å². The molecule has 2 fully saturated rings. The number of carbonyl (C=O) groups excluding carboxylic acids is 1. The smallest absolute Gasteiger partial charge is 0.409 e. The van der Waals surface area contributed by atoms with Gasteiger partial charge in [0.2, 0.25) is 5.69 Å². The summed E-state index contributed by atoms with van der Waals surface area (Å²) in [5, 5.41) is 0.536. The minimum absolute atomic E-state index is 0.00353. The Morgan fingerprint density at radius 3 is 2.79 bits per heavy atom. The number of halogens is 3. The van der Waals surface area contributed by atoms with Crippen molar-refractivity contribution in [2.45, 2.75) is 38.3 Å². The summed E-state index contributed by atoms with van der Waals surface area (Å²) in [4.78, 5) is 31.1. The molecule has 2 N–H and O–H groups in total. The number of likely N-dealkylation sites (tertiary alicyclic amines) is 2. The number of benzene rings is 2. The van der Waals surface area contributed by atoms with E-state index in [1.54, 1.807) is 4.90 Å². The molecule has 2 unspecified atom stereocenters. The van der Waals surface area contributed by atoms with Crippen molar-refractivity contribution < 1.29 is 27.8 Å². The molecular formula is C33H34ClF2N7O4S. The second-order valence-electron chi connectivity index (χ2n) is 12.5. The Kier molecular flexibility index (Phi) is 8.55. The lowest BCUT2D eigenvalue weighted by molar-refractivity contribution is 0.112. The summed E-state index contributed by atoms with van der Waals surface area (Å²) in [6.45, 7) is 12.8. The van der Waals surface area contributed by atoms with Crippen LogP contribution in [0.3, 0.4) is 0 Å². The SMILES string of the molecule is [C-]#[N+]c1c(N)sc2c(F)ccc(-c3c(Cl)c4c5c(nc(O[C@@H](C)C6CCCN6C)nc5c3F)N(CC3CCN(C(=O)OC)C3)CCO4)c12. The Hall–Kier alpha value is -4.19. The van der Waals surface area contributed by atoms with Gasteiger partial charge in [0.25, 0.3) is 0 Å². The fourth-order valence-electron chi connectivity index (χ4n) is 7.29. The minimum Gasteiger partial charge on any atom is -0.489 e. The molecule has 5 heterocycles. The first-order valence-corrected chi connectivity index (χ1v) is 17.0.